The molecule has 106 valence electrons. The second-order valence-electron chi connectivity index (χ2n) is 2.11. The normalized spacial score (nSPS) is 10.5. The monoisotopic (exact) mass is 338 g/mol. The molecule has 2 unspecified atom stereocenters. The molecule has 17 heavy (non-hydrogen) atoms. The van der Waals surface area contributed by atoms with Crippen molar-refractivity contribution in [1.29, 1.82) is 0 Å². The summed E-state index contributed by atoms with van der Waals surface area (Å²) in [6.45, 7) is 2.39. The molecule has 0 bridgehead atoms. The van der Waals surface area contributed by atoms with Crippen LogP contribution in [0.15, 0.2) is 0 Å². The van der Waals surface area contributed by atoms with Crippen LogP contribution in [0.2, 0.25) is 0 Å². The van der Waals surface area contributed by atoms with Gasteiger partial charge >= 0.3 is 42.4 Å². The maximum atomic E-state index is 9.45. The van der Waals surface area contributed by atoms with Crippen LogP contribution in [0.25, 0.3) is 0 Å². The van der Waals surface area contributed by atoms with Crippen molar-refractivity contribution in [2.45, 2.75) is 26.1 Å². The molecule has 0 radical (unpaired) electrons. The van der Waals surface area contributed by atoms with Gasteiger partial charge in [-0.2, -0.15) is 0 Å². The van der Waals surface area contributed by atoms with Crippen LogP contribution in [0, 0.1) is 0 Å². The van der Waals surface area contributed by atoms with E-state index < -0.39 is 48.3 Å². The predicted molar refractivity (Wildman–Crippen MR) is 50.6 cm³/mol. The fourth-order valence-electron chi connectivity index (χ4n) is 0. The molecule has 0 aliphatic rings. The SMILES string of the molecule is CC(O)C(=O)O.CC(O)C(=O)O.[NH4+].[NH4+].[O-][Zr][O-]. The molecule has 0 fully saturated rings. The van der Waals surface area contributed by atoms with E-state index in [1.807, 2.05) is 0 Å². The first kappa shape index (κ1) is 30.0. The first-order chi connectivity index (χ1) is 6.70. The van der Waals surface area contributed by atoms with E-state index in [1.54, 1.807) is 0 Å². The second-order valence-corrected chi connectivity index (χ2v) is 2.52. The van der Waals surface area contributed by atoms with E-state index in [4.69, 9.17) is 26.8 Å². The number of hydrogen-bond donors (Lipinski definition) is 6. The molecule has 0 amide bonds. The average molecular weight is 339 g/mol. The number of aliphatic carboxylic acids is 2. The zero-order valence-corrected chi connectivity index (χ0v) is 12.5. The standard InChI is InChI=1S/2C3H6O3.2H3N.2O.Zr/c2*1-2(4)3(5)6;;;;;/h2*2,4H,1H3,(H,5,6);2*1H3;;;/q;;;;2*-1;/p+2. The van der Waals surface area contributed by atoms with Crippen LogP contribution in [-0.4, -0.2) is 44.6 Å². The van der Waals surface area contributed by atoms with Gasteiger partial charge < -0.3 is 32.7 Å². The van der Waals surface area contributed by atoms with Crippen LogP contribution in [0.1, 0.15) is 13.8 Å². The van der Waals surface area contributed by atoms with E-state index in [2.05, 4.69) is 0 Å². The van der Waals surface area contributed by atoms with Crippen LogP contribution < -0.4 is 18.7 Å². The van der Waals surface area contributed by atoms with Crippen molar-refractivity contribution in [3.05, 3.63) is 0 Å². The van der Waals surface area contributed by atoms with Crippen LogP contribution in [-0.2, 0) is 33.7 Å². The van der Waals surface area contributed by atoms with Crippen molar-refractivity contribution >= 4 is 11.9 Å². The van der Waals surface area contributed by atoms with Gasteiger partial charge in [0.25, 0.3) is 0 Å². The van der Waals surface area contributed by atoms with Crippen LogP contribution in [0.3, 0.4) is 0 Å². The Morgan fingerprint density at radius 1 is 0.941 bits per heavy atom. The van der Waals surface area contributed by atoms with E-state index in [0.717, 1.165) is 0 Å². The van der Waals surface area contributed by atoms with Gasteiger partial charge in [0.1, 0.15) is 12.2 Å². The zero-order chi connectivity index (χ0) is 13.0. The summed E-state index contributed by atoms with van der Waals surface area (Å²) in [6.07, 6.45) is -2.46. The number of carboxylic acid groups (broad SMARTS) is 2. The number of aliphatic hydroxyl groups is 2. The summed E-state index contributed by atoms with van der Waals surface area (Å²) in [7, 11) is 0. The molecule has 0 heterocycles. The molecule has 0 aromatic heterocycles. The van der Waals surface area contributed by atoms with Gasteiger partial charge in [-0.15, -0.1) is 0 Å². The van der Waals surface area contributed by atoms with E-state index in [-0.39, 0.29) is 12.3 Å². The van der Waals surface area contributed by atoms with Gasteiger partial charge in [0.15, 0.2) is 0 Å². The Hall–Kier alpha value is -0.417. The quantitative estimate of drug-likeness (QED) is 0.308. The molecule has 0 aromatic carbocycles. The van der Waals surface area contributed by atoms with Gasteiger partial charge in [-0.25, -0.2) is 9.59 Å². The number of aliphatic hydroxyl groups excluding tert-OH is 2. The predicted octanol–water partition coefficient (Wildman–Crippen LogP) is -2.72. The average Bonchev–Trinajstić information content (AvgIpc) is 2.06. The molecule has 12 N–H and O–H groups in total. The fourth-order valence-corrected chi connectivity index (χ4v) is 0. The molecular weight excluding hydrogens is 319 g/mol. The first-order valence-electron chi connectivity index (χ1n) is 3.51. The topological polar surface area (TPSA) is 234 Å². The zero-order valence-electron chi connectivity index (χ0n) is 10.1. The fraction of sp³-hybridized carbons (Fsp3) is 0.667. The Morgan fingerprint density at radius 2 is 1.00 bits per heavy atom. The van der Waals surface area contributed by atoms with E-state index >= 15 is 0 Å². The van der Waals surface area contributed by atoms with Crippen molar-refractivity contribution in [3.63, 3.8) is 0 Å². The van der Waals surface area contributed by atoms with E-state index in [1.165, 1.54) is 13.8 Å². The third-order valence-corrected chi connectivity index (χ3v) is 0.715. The van der Waals surface area contributed by atoms with Gasteiger partial charge in [0, 0.05) is 0 Å². The Morgan fingerprint density at radius 3 is 1.00 bits per heavy atom. The Balaban J connectivity index is -0.0000000421. The molecule has 0 saturated carbocycles. The van der Waals surface area contributed by atoms with Crippen molar-refractivity contribution in [1.82, 2.24) is 12.3 Å². The van der Waals surface area contributed by atoms with Crippen molar-refractivity contribution in [2.24, 2.45) is 0 Å². The minimum atomic E-state index is -2.27. The molecule has 0 rings (SSSR count). The van der Waals surface area contributed by atoms with Crippen molar-refractivity contribution < 1.29 is 60.5 Å². The number of quaternary nitrogens is 2. The van der Waals surface area contributed by atoms with Crippen molar-refractivity contribution in [2.75, 3.05) is 0 Å². The van der Waals surface area contributed by atoms with E-state index in [0.29, 0.717) is 0 Å². The van der Waals surface area contributed by atoms with Gasteiger partial charge in [-0.05, 0) is 13.8 Å². The Bertz CT molecular complexity index is 159. The van der Waals surface area contributed by atoms with Gasteiger partial charge in [-0.3, -0.25) is 0 Å². The molecule has 0 aromatic rings. The summed E-state index contributed by atoms with van der Waals surface area (Å²) in [5.41, 5.74) is 0. The second kappa shape index (κ2) is 20.9. The van der Waals surface area contributed by atoms with Crippen LogP contribution >= 0.6 is 0 Å². The molecule has 0 saturated heterocycles. The summed E-state index contributed by atoms with van der Waals surface area (Å²) in [5.74, 6) is -2.37. The number of hydrogen-bond acceptors (Lipinski definition) is 6. The minimum absolute atomic E-state index is 0. The number of carbonyl (C=O) groups is 2. The third kappa shape index (κ3) is 50.0. The number of carboxylic acids is 2. The third-order valence-electron chi connectivity index (χ3n) is 0.715. The van der Waals surface area contributed by atoms with E-state index in [9.17, 15) is 9.59 Å². The molecule has 10 nitrogen and oxygen atoms in total. The molecule has 11 heteroatoms. The molecular formula is C6H20N2O8Zr. The van der Waals surface area contributed by atoms with Crippen molar-refractivity contribution in [3.8, 4) is 0 Å². The Labute approximate surface area is 111 Å². The van der Waals surface area contributed by atoms with Crippen LogP contribution in [0.5, 0.6) is 0 Å². The van der Waals surface area contributed by atoms with Crippen LogP contribution in [0.4, 0.5) is 0 Å². The Kier molecular flexibility index (Phi) is 37.0. The molecule has 0 aliphatic carbocycles. The first-order valence-corrected chi connectivity index (χ1v) is 5.52. The molecule has 2 atom stereocenters. The summed E-state index contributed by atoms with van der Waals surface area (Å²) in [5, 5.41) is 31.5. The van der Waals surface area contributed by atoms with Gasteiger partial charge in [0.05, 0.1) is 0 Å². The summed E-state index contributed by atoms with van der Waals surface area (Å²) < 4.78 is 17.1. The van der Waals surface area contributed by atoms with Gasteiger partial charge in [0.2, 0.25) is 0 Å². The van der Waals surface area contributed by atoms with Gasteiger partial charge in [-0.1, -0.05) is 0 Å². The molecule has 0 spiro atoms. The summed E-state index contributed by atoms with van der Waals surface area (Å²) in [4.78, 5) is 18.9. The number of rotatable bonds is 2. The summed E-state index contributed by atoms with van der Waals surface area (Å²) in [6, 6.07) is 0. The maximum absolute atomic E-state index is 9.45. The summed E-state index contributed by atoms with van der Waals surface area (Å²) >= 11 is -2.27. The molecule has 0 aliphatic heterocycles.